The fourth-order valence-electron chi connectivity index (χ4n) is 3.27. The number of ether oxygens (including phenoxy) is 1. The molecule has 0 saturated carbocycles. The first-order chi connectivity index (χ1) is 16.3. The van der Waals surface area contributed by atoms with Crippen LogP contribution in [0, 0.1) is 5.82 Å². The molecule has 1 unspecified atom stereocenters. The molecule has 0 spiro atoms. The topological polar surface area (TPSA) is 149 Å². The predicted octanol–water partition coefficient (Wildman–Crippen LogP) is 1.86. The van der Waals surface area contributed by atoms with Gasteiger partial charge in [0, 0.05) is 24.5 Å². The van der Waals surface area contributed by atoms with Gasteiger partial charge in [-0.05, 0) is 36.7 Å². The van der Waals surface area contributed by atoms with Gasteiger partial charge in [-0.2, -0.15) is 0 Å². The summed E-state index contributed by atoms with van der Waals surface area (Å²) in [4.78, 5) is 40.8. The largest absolute Gasteiger partial charge is 0.442 e. The van der Waals surface area contributed by atoms with E-state index in [0.717, 1.165) is 0 Å². The van der Waals surface area contributed by atoms with Gasteiger partial charge in [0.2, 0.25) is 5.91 Å². The molecule has 1 aliphatic rings. The lowest BCUT2D eigenvalue weighted by molar-refractivity contribution is -0.143. The molecular formula is C23H26FN5O5. The molecule has 11 heteroatoms. The maximum atomic E-state index is 14.9. The Bertz CT molecular complexity index is 1090. The molecule has 1 saturated heterocycles. The van der Waals surface area contributed by atoms with Gasteiger partial charge in [-0.15, -0.1) is 0 Å². The highest BCUT2D eigenvalue weighted by Gasteiger charge is 2.32. The third kappa shape index (κ3) is 6.29. The zero-order chi connectivity index (χ0) is 24.7. The van der Waals surface area contributed by atoms with Crippen molar-refractivity contribution in [2.45, 2.75) is 25.9 Å². The number of hydrogen-bond donors (Lipinski definition) is 3. The lowest BCUT2D eigenvalue weighted by atomic mass is 10.0. The number of rotatable bonds is 9. The normalized spacial score (nSPS) is 15.7. The minimum Gasteiger partial charge on any atom is -0.442 e. The fourth-order valence-corrected chi connectivity index (χ4v) is 3.27. The molecule has 0 bridgehead atoms. The van der Waals surface area contributed by atoms with Gasteiger partial charge in [0.05, 0.1) is 18.8 Å². The number of anilines is 1. The van der Waals surface area contributed by atoms with Crippen LogP contribution in [0.5, 0.6) is 0 Å². The second kappa shape index (κ2) is 11.2. The van der Waals surface area contributed by atoms with Crippen molar-refractivity contribution in [3.05, 3.63) is 53.8 Å². The maximum Gasteiger partial charge on any atom is 0.414 e. The minimum atomic E-state index is -0.606. The zero-order valence-electron chi connectivity index (χ0n) is 18.6. The highest BCUT2D eigenvalue weighted by Crippen LogP contribution is 2.29. The van der Waals surface area contributed by atoms with E-state index in [1.807, 2.05) is 0 Å². The molecule has 5 N–H and O–H groups in total. The Morgan fingerprint density at radius 1 is 1.26 bits per heavy atom. The van der Waals surface area contributed by atoms with E-state index in [0.29, 0.717) is 35.3 Å². The van der Waals surface area contributed by atoms with Crippen LogP contribution in [-0.2, 0) is 19.2 Å². The first kappa shape index (κ1) is 24.6. The standard InChI is InChI=1S/C23H26FN5O5/c1-14(30)27-12-18-13-29(23(32)33-18)17-8-9-19(20(24)11-17)15-4-6-16(7-5-15)22(26)28-34-21(31)3-2-10-25/h4-9,11,18H,2-3,10,12-13,25H2,1H3,(H2,26,28)(H,27,30). The molecule has 10 nitrogen and oxygen atoms in total. The van der Waals surface area contributed by atoms with Gasteiger partial charge in [-0.1, -0.05) is 29.4 Å². The van der Waals surface area contributed by atoms with E-state index in [2.05, 4.69) is 10.5 Å². The number of carbonyl (C=O) groups is 3. The van der Waals surface area contributed by atoms with Crippen molar-refractivity contribution in [1.82, 2.24) is 5.32 Å². The Morgan fingerprint density at radius 3 is 2.65 bits per heavy atom. The molecule has 1 heterocycles. The smallest absolute Gasteiger partial charge is 0.414 e. The molecular weight excluding hydrogens is 445 g/mol. The Morgan fingerprint density at radius 2 is 2.00 bits per heavy atom. The molecule has 180 valence electrons. The second-order valence-corrected chi connectivity index (χ2v) is 7.63. The van der Waals surface area contributed by atoms with Crippen LogP contribution in [0.3, 0.4) is 0 Å². The van der Waals surface area contributed by atoms with E-state index in [4.69, 9.17) is 21.0 Å². The van der Waals surface area contributed by atoms with Crippen molar-refractivity contribution in [2.75, 3.05) is 24.5 Å². The summed E-state index contributed by atoms with van der Waals surface area (Å²) < 4.78 is 20.1. The molecule has 2 amide bonds. The van der Waals surface area contributed by atoms with Gasteiger partial charge in [0.1, 0.15) is 11.9 Å². The quantitative estimate of drug-likeness (QED) is 0.219. The van der Waals surface area contributed by atoms with Gasteiger partial charge < -0.3 is 26.4 Å². The summed E-state index contributed by atoms with van der Waals surface area (Å²) in [6, 6.07) is 11.0. The van der Waals surface area contributed by atoms with Crippen LogP contribution in [-0.4, -0.2) is 49.5 Å². The van der Waals surface area contributed by atoms with Crippen molar-refractivity contribution in [2.24, 2.45) is 16.6 Å². The number of nitrogens with two attached hydrogens (primary N) is 2. The Balaban J connectivity index is 1.67. The third-order valence-electron chi connectivity index (χ3n) is 5.04. The van der Waals surface area contributed by atoms with Crippen LogP contribution in [0.15, 0.2) is 47.6 Å². The Kier molecular flexibility index (Phi) is 8.14. The molecule has 1 atom stereocenters. The average molecular weight is 471 g/mol. The van der Waals surface area contributed by atoms with E-state index in [1.165, 1.54) is 17.9 Å². The van der Waals surface area contributed by atoms with Crippen LogP contribution in [0.2, 0.25) is 0 Å². The number of halogens is 1. The number of oxime groups is 1. The summed E-state index contributed by atoms with van der Waals surface area (Å²) in [6.07, 6.45) is -0.486. The lowest BCUT2D eigenvalue weighted by Gasteiger charge is -2.14. The van der Waals surface area contributed by atoms with E-state index in [1.54, 1.807) is 36.4 Å². The number of benzene rings is 2. The minimum absolute atomic E-state index is 0.00447. The van der Waals surface area contributed by atoms with Crippen LogP contribution < -0.4 is 21.7 Å². The summed E-state index contributed by atoms with van der Waals surface area (Å²) in [5, 5.41) is 6.21. The Labute approximate surface area is 195 Å². The monoisotopic (exact) mass is 471 g/mol. The van der Waals surface area contributed by atoms with Crippen molar-refractivity contribution < 1.29 is 28.3 Å². The molecule has 1 aliphatic heterocycles. The fraction of sp³-hybridized carbons (Fsp3) is 0.304. The Hall–Kier alpha value is -3.99. The average Bonchev–Trinajstić information content (AvgIpc) is 3.20. The van der Waals surface area contributed by atoms with E-state index in [9.17, 15) is 18.8 Å². The molecule has 2 aromatic carbocycles. The van der Waals surface area contributed by atoms with Crippen molar-refractivity contribution in [1.29, 1.82) is 0 Å². The maximum absolute atomic E-state index is 14.9. The van der Waals surface area contributed by atoms with Crippen LogP contribution >= 0.6 is 0 Å². The van der Waals surface area contributed by atoms with Gasteiger partial charge >= 0.3 is 12.1 Å². The first-order valence-electron chi connectivity index (χ1n) is 10.6. The number of nitrogens with one attached hydrogen (secondary N) is 1. The number of nitrogens with zero attached hydrogens (tertiary/aromatic N) is 2. The van der Waals surface area contributed by atoms with Crippen molar-refractivity contribution in [3.8, 4) is 11.1 Å². The number of cyclic esters (lactones) is 1. The van der Waals surface area contributed by atoms with Gasteiger partial charge in [0.15, 0.2) is 5.84 Å². The van der Waals surface area contributed by atoms with Crippen molar-refractivity contribution >= 4 is 29.5 Å². The van der Waals surface area contributed by atoms with E-state index < -0.39 is 24.0 Å². The summed E-state index contributed by atoms with van der Waals surface area (Å²) in [5.41, 5.74) is 12.9. The second-order valence-electron chi connectivity index (χ2n) is 7.63. The van der Waals surface area contributed by atoms with E-state index >= 15 is 0 Å². The molecule has 0 aliphatic carbocycles. The summed E-state index contributed by atoms with van der Waals surface area (Å²) in [6.45, 7) is 2.12. The highest BCUT2D eigenvalue weighted by molar-refractivity contribution is 5.98. The van der Waals surface area contributed by atoms with Crippen LogP contribution in [0.25, 0.3) is 11.1 Å². The summed E-state index contributed by atoms with van der Waals surface area (Å²) >= 11 is 0. The molecule has 34 heavy (non-hydrogen) atoms. The number of carbonyl (C=O) groups excluding carboxylic acids is 3. The molecule has 1 fully saturated rings. The van der Waals surface area contributed by atoms with Gasteiger partial charge in [-0.3, -0.25) is 9.69 Å². The third-order valence-corrected chi connectivity index (χ3v) is 5.04. The van der Waals surface area contributed by atoms with E-state index in [-0.39, 0.29) is 31.3 Å². The summed E-state index contributed by atoms with van der Waals surface area (Å²) in [5.74, 6) is -1.29. The van der Waals surface area contributed by atoms with Gasteiger partial charge in [0.25, 0.3) is 0 Å². The molecule has 0 aromatic heterocycles. The first-order valence-corrected chi connectivity index (χ1v) is 10.6. The van der Waals surface area contributed by atoms with Crippen LogP contribution in [0.4, 0.5) is 14.9 Å². The van der Waals surface area contributed by atoms with Crippen molar-refractivity contribution in [3.63, 3.8) is 0 Å². The number of amides is 2. The predicted molar refractivity (Wildman–Crippen MR) is 123 cm³/mol. The van der Waals surface area contributed by atoms with Gasteiger partial charge in [-0.25, -0.2) is 14.0 Å². The SMILES string of the molecule is CC(=O)NCC1CN(c2ccc(-c3ccc(C(N)=NOC(=O)CCCN)cc3)c(F)c2)C(=O)O1. The number of amidine groups is 1. The molecule has 3 rings (SSSR count). The lowest BCUT2D eigenvalue weighted by Crippen LogP contribution is -2.33. The molecule has 2 aromatic rings. The highest BCUT2D eigenvalue weighted by atomic mass is 19.1. The summed E-state index contributed by atoms with van der Waals surface area (Å²) in [7, 11) is 0. The molecule has 0 radical (unpaired) electrons. The number of hydrogen-bond acceptors (Lipinski definition) is 7. The zero-order valence-corrected chi connectivity index (χ0v) is 18.6. The van der Waals surface area contributed by atoms with Crippen LogP contribution in [0.1, 0.15) is 25.3 Å².